The van der Waals surface area contributed by atoms with Crippen molar-refractivity contribution >= 4 is 93.2 Å². The first-order chi connectivity index (χ1) is 28.2. The molecule has 0 N–H and O–H groups in total. The first-order valence-corrected chi connectivity index (χ1v) is 19.3. The average molecular weight is 729 g/mol. The maximum Gasteiger partial charge on any atom is 0.227 e. The van der Waals surface area contributed by atoms with Gasteiger partial charge in [-0.1, -0.05) is 127 Å². The van der Waals surface area contributed by atoms with E-state index >= 15 is 0 Å². The average Bonchev–Trinajstić information content (AvgIpc) is 3.89. The van der Waals surface area contributed by atoms with E-state index in [-0.39, 0.29) is 0 Å². The van der Waals surface area contributed by atoms with E-state index in [1.54, 1.807) is 0 Å². The van der Waals surface area contributed by atoms with Crippen LogP contribution in [0.4, 0.5) is 17.1 Å². The molecule has 4 nitrogen and oxygen atoms in total. The predicted octanol–water partition coefficient (Wildman–Crippen LogP) is 15.1. The van der Waals surface area contributed by atoms with Crippen LogP contribution in [0, 0.1) is 0 Å². The molecular weight excluding hydrogens is 697 g/mol. The first kappa shape index (κ1) is 31.6. The Bertz CT molecular complexity index is 3520. The molecule has 266 valence electrons. The predicted molar refractivity (Wildman–Crippen MR) is 237 cm³/mol. The minimum Gasteiger partial charge on any atom is -0.456 e. The van der Waals surface area contributed by atoms with E-state index in [1.807, 2.05) is 42.5 Å². The molecule has 0 fully saturated rings. The number of anilines is 3. The van der Waals surface area contributed by atoms with Gasteiger partial charge in [-0.3, -0.25) is 0 Å². The number of hydrogen-bond donors (Lipinski definition) is 0. The molecule has 0 spiro atoms. The van der Waals surface area contributed by atoms with Crippen molar-refractivity contribution in [3.05, 3.63) is 194 Å². The van der Waals surface area contributed by atoms with Gasteiger partial charge in [-0.25, -0.2) is 4.98 Å². The molecule has 0 saturated carbocycles. The van der Waals surface area contributed by atoms with Crippen LogP contribution in [0.5, 0.6) is 0 Å². The van der Waals surface area contributed by atoms with Crippen LogP contribution in [0.25, 0.3) is 98.7 Å². The molecule has 0 radical (unpaired) electrons. The van der Waals surface area contributed by atoms with Gasteiger partial charge in [0.05, 0.1) is 0 Å². The number of aromatic nitrogens is 1. The highest BCUT2D eigenvalue weighted by molar-refractivity contribution is 6.26. The van der Waals surface area contributed by atoms with Crippen LogP contribution < -0.4 is 4.90 Å². The quantitative estimate of drug-likeness (QED) is 0.166. The van der Waals surface area contributed by atoms with Crippen LogP contribution in [-0.2, 0) is 0 Å². The van der Waals surface area contributed by atoms with Crippen molar-refractivity contribution in [1.29, 1.82) is 0 Å². The normalized spacial score (nSPS) is 11.9. The third-order valence-electron chi connectivity index (χ3n) is 11.4. The number of para-hydroxylation sites is 1. The van der Waals surface area contributed by atoms with Gasteiger partial charge < -0.3 is 13.7 Å². The van der Waals surface area contributed by atoms with E-state index in [0.29, 0.717) is 5.89 Å². The SMILES string of the molecule is c1ccc(-c2nc3ccc4ccc5ccc6cc(N(c7ccc(-c8cccc9ccccc89)cc7)c7ccc8oc9ccccc9c8c7)ccc6c5c4c3o2)cc1. The topological polar surface area (TPSA) is 42.4 Å². The Labute approximate surface area is 327 Å². The molecule has 4 heteroatoms. The molecule has 0 saturated heterocycles. The summed E-state index contributed by atoms with van der Waals surface area (Å²) in [6.07, 6.45) is 0. The minimum absolute atomic E-state index is 0.627. The number of nitrogens with zero attached hydrogens (tertiary/aromatic N) is 2. The van der Waals surface area contributed by atoms with Gasteiger partial charge >= 0.3 is 0 Å². The summed E-state index contributed by atoms with van der Waals surface area (Å²) in [6.45, 7) is 0. The van der Waals surface area contributed by atoms with Crippen LogP contribution in [0.3, 0.4) is 0 Å². The fourth-order valence-corrected chi connectivity index (χ4v) is 8.75. The Balaban J connectivity index is 1.05. The Morgan fingerprint density at radius 3 is 1.91 bits per heavy atom. The standard InChI is InChI=1S/C53H32N2O2/c1-2-10-37(11-3-1)53-54-47-29-23-36-18-17-35-19-20-38-31-40(26-28-44(38)50(35)51(36)52(47)57-53)55(41-27-30-49-46(32-41)45-14-6-7-16-48(45)56-49)39-24-21-34(22-25-39)43-15-8-12-33-9-4-5-13-42(33)43/h1-32H. The third kappa shape index (κ3) is 5.04. The fraction of sp³-hybridized carbons (Fsp3) is 0. The molecule has 0 aliphatic carbocycles. The maximum atomic E-state index is 6.60. The molecule has 0 atom stereocenters. The molecule has 12 rings (SSSR count). The Hall–Kier alpha value is -7.69. The number of oxazole rings is 1. The van der Waals surface area contributed by atoms with Crippen molar-refractivity contribution < 1.29 is 8.83 Å². The van der Waals surface area contributed by atoms with Crippen molar-refractivity contribution in [2.45, 2.75) is 0 Å². The fourth-order valence-electron chi connectivity index (χ4n) is 8.75. The van der Waals surface area contributed by atoms with Gasteiger partial charge in [-0.15, -0.1) is 0 Å². The van der Waals surface area contributed by atoms with Crippen molar-refractivity contribution in [3.63, 3.8) is 0 Å². The van der Waals surface area contributed by atoms with E-state index in [2.05, 4.69) is 157 Å². The number of rotatable bonds is 5. The van der Waals surface area contributed by atoms with Crippen LogP contribution >= 0.6 is 0 Å². The summed E-state index contributed by atoms with van der Waals surface area (Å²) >= 11 is 0. The summed E-state index contributed by atoms with van der Waals surface area (Å²) in [5.41, 5.74) is 9.95. The summed E-state index contributed by atoms with van der Waals surface area (Å²) < 4.78 is 12.9. The highest BCUT2D eigenvalue weighted by Gasteiger charge is 2.19. The van der Waals surface area contributed by atoms with Gasteiger partial charge in [0.25, 0.3) is 0 Å². The highest BCUT2D eigenvalue weighted by Crippen LogP contribution is 2.43. The summed E-state index contributed by atoms with van der Waals surface area (Å²) in [5, 5.41) is 11.5. The summed E-state index contributed by atoms with van der Waals surface area (Å²) in [5.74, 6) is 0.627. The van der Waals surface area contributed by atoms with E-state index < -0.39 is 0 Å². The lowest BCUT2D eigenvalue weighted by Gasteiger charge is -2.26. The van der Waals surface area contributed by atoms with Gasteiger partial charge in [-0.05, 0) is 110 Å². The van der Waals surface area contributed by atoms with Crippen LogP contribution in [0.1, 0.15) is 0 Å². The lowest BCUT2D eigenvalue weighted by Crippen LogP contribution is -2.09. The maximum absolute atomic E-state index is 6.60. The van der Waals surface area contributed by atoms with Crippen LogP contribution in [0.2, 0.25) is 0 Å². The zero-order valence-corrected chi connectivity index (χ0v) is 30.7. The molecule has 0 amide bonds. The zero-order chi connectivity index (χ0) is 37.5. The first-order valence-electron chi connectivity index (χ1n) is 19.3. The molecule has 0 unspecified atom stereocenters. The van der Waals surface area contributed by atoms with Crippen molar-refractivity contribution in [3.8, 4) is 22.6 Å². The van der Waals surface area contributed by atoms with Crippen LogP contribution in [-0.4, -0.2) is 4.98 Å². The second-order valence-corrected chi connectivity index (χ2v) is 14.7. The number of hydrogen-bond acceptors (Lipinski definition) is 4. The third-order valence-corrected chi connectivity index (χ3v) is 11.4. The molecule has 2 aromatic heterocycles. The molecule has 0 aliphatic rings. The van der Waals surface area contributed by atoms with E-state index in [0.717, 1.165) is 88.0 Å². The molecule has 0 aliphatic heterocycles. The van der Waals surface area contributed by atoms with Gasteiger partial charge in [0.1, 0.15) is 16.7 Å². The molecule has 10 aromatic carbocycles. The molecular formula is C53H32N2O2. The number of fused-ring (bicyclic) bond motifs is 11. The highest BCUT2D eigenvalue weighted by atomic mass is 16.3. The zero-order valence-electron chi connectivity index (χ0n) is 30.7. The molecule has 2 heterocycles. The smallest absolute Gasteiger partial charge is 0.227 e. The monoisotopic (exact) mass is 728 g/mol. The number of benzene rings is 10. The lowest BCUT2D eigenvalue weighted by molar-refractivity contribution is 0.623. The van der Waals surface area contributed by atoms with Gasteiger partial charge in [0.15, 0.2) is 5.58 Å². The van der Waals surface area contributed by atoms with Crippen molar-refractivity contribution in [2.24, 2.45) is 0 Å². The molecule has 0 bridgehead atoms. The Morgan fingerprint density at radius 1 is 0.368 bits per heavy atom. The lowest BCUT2D eigenvalue weighted by atomic mass is 9.95. The van der Waals surface area contributed by atoms with E-state index in [1.165, 1.54) is 21.9 Å². The van der Waals surface area contributed by atoms with Crippen molar-refractivity contribution in [2.75, 3.05) is 4.90 Å². The van der Waals surface area contributed by atoms with E-state index in [9.17, 15) is 0 Å². The van der Waals surface area contributed by atoms with Gasteiger partial charge in [0, 0.05) is 44.2 Å². The molecule has 57 heavy (non-hydrogen) atoms. The van der Waals surface area contributed by atoms with Crippen LogP contribution in [0.15, 0.2) is 203 Å². The Morgan fingerprint density at radius 2 is 1.04 bits per heavy atom. The van der Waals surface area contributed by atoms with Gasteiger partial charge in [0.2, 0.25) is 5.89 Å². The van der Waals surface area contributed by atoms with Crippen molar-refractivity contribution in [1.82, 2.24) is 4.98 Å². The van der Waals surface area contributed by atoms with E-state index in [4.69, 9.17) is 13.8 Å². The van der Waals surface area contributed by atoms with Gasteiger partial charge in [-0.2, -0.15) is 0 Å². The number of furan rings is 1. The largest absolute Gasteiger partial charge is 0.456 e. The second-order valence-electron chi connectivity index (χ2n) is 14.7. The summed E-state index contributed by atoms with van der Waals surface area (Å²) in [4.78, 5) is 7.27. The summed E-state index contributed by atoms with van der Waals surface area (Å²) in [7, 11) is 0. The Kier molecular flexibility index (Phi) is 6.89. The minimum atomic E-state index is 0.627. The summed E-state index contributed by atoms with van der Waals surface area (Å²) in [6, 6.07) is 68.8. The molecule has 12 aromatic rings. The second kappa shape index (κ2) is 12.4.